The molecule has 1 unspecified atom stereocenters. The van der Waals surface area contributed by atoms with Gasteiger partial charge in [0, 0.05) is 11.3 Å². The number of aromatic nitrogens is 1. The molecular formula is C23H21NO3. The van der Waals surface area contributed by atoms with Gasteiger partial charge in [-0.15, -0.1) is 0 Å². The van der Waals surface area contributed by atoms with Crippen LogP contribution in [0.1, 0.15) is 36.1 Å². The maximum atomic E-state index is 11.7. The Kier molecular flexibility index (Phi) is 4.63. The molecule has 0 spiro atoms. The first-order chi connectivity index (χ1) is 13.1. The van der Waals surface area contributed by atoms with Gasteiger partial charge in [-0.05, 0) is 42.3 Å². The molecular weight excluding hydrogens is 338 g/mol. The summed E-state index contributed by atoms with van der Waals surface area (Å²) < 4.78 is 10.8. The minimum absolute atomic E-state index is 0.0867. The third-order valence-corrected chi connectivity index (χ3v) is 5.01. The van der Waals surface area contributed by atoms with Crippen molar-refractivity contribution in [1.82, 2.24) is 4.98 Å². The number of nitrogens with zero attached hydrogens (tertiary/aromatic N) is 1. The number of methoxy groups -OCH3 is 1. The van der Waals surface area contributed by atoms with Crippen molar-refractivity contribution in [1.29, 1.82) is 0 Å². The fraction of sp³-hybridized carbons (Fsp3) is 0.217. The lowest BCUT2D eigenvalue weighted by molar-refractivity contribution is -0.140. The summed E-state index contributed by atoms with van der Waals surface area (Å²) in [7, 11) is 1.43. The molecule has 4 heteroatoms. The molecule has 27 heavy (non-hydrogen) atoms. The zero-order valence-electron chi connectivity index (χ0n) is 15.4. The molecule has 0 bridgehead atoms. The summed E-state index contributed by atoms with van der Waals surface area (Å²) in [6.07, 6.45) is 2.48. The van der Waals surface area contributed by atoms with Crippen molar-refractivity contribution in [3.05, 3.63) is 77.0 Å². The predicted molar refractivity (Wildman–Crippen MR) is 106 cm³/mol. The van der Waals surface area contributed by atoms with Crippen LogP contribution in [-0.4, -0.2) is 18.1 Å². The Morgan fingerprint density at radius 3 is 2.81 bits per heavy atom. The molecule has 0 saturated carbocycles. The number of carbonyl (C=O) groups is 1. The van der Waals surface area contributed by atoms with E-state index in [1.807, 2.05) is 55.5 Å². The van der Waals surface area contributed by atoms with E-state index in [2.05, 4.69) is 17.1 Å². The number of hydrogen-bond acceptors (Lipinski definition) is 4. The second kappa shape index (κ2) is 7.23. The zero-order valence-corrected chi connectivity index (χ0v) is 15.4. The molecule has 1 aliphatic carbocycles. The lowest BCUT2D eigenvalue weighted by Crippen LogP contribution is -2.08. The minimum atomic E-state index is -0.191. The van der Waals surface area contributed by atoms with Crippen LogP contribution in [0.3, 0.4) is 0 Å². The highest BCUT2D eigenvalue weighted by Crippen LogP contribution is 2.40. The predicted octanol–water partition coefficient (Wildman–Crippen LogP) is 4.88. The van der Waals surface area contributed by atoms with Crippen LogP contribution in [0.5, 0.6) is 5.75 Å². The molecule has 1 heterocycles. The number of para-hydroxylation sites is 1. The largest absolute Gasteiger partial charge is 0.487 e. The van der Waals surface area contributed by atoms with E-state index in [-0.39, 0.29) is 11.9 Å². The summed E-state index contributed by atoms with van der Waals surface area (Å²) in [5, 5.41) is 1.12. The lowest BCUT2D eigenvalue weighted by atomic mass is 9.93. The molecule has 136 valence electrons. The van der Waals surface area contributed by atoms with Gasteiger partial charge in [-0.2, -0.15) is 0 Å². The van der Waals surface area contributed by atoms with Crippen LogP contribution in [0.2, 0.25) is 0 Å². The average molecular weight is 359 g/mol. The number of fused-ring (bicyclic) bond motifs is 2. The Balaban J connectivity index is 1.49. The molecule has 4 rings (SSSR count). The summed E-state index contributed by atoms with van der Waals surface area (Å²) >= 11 is 0. The summed E-state index contributed by atoms with van der Waals surface area (Å²) in [6, 6.07) is 18.1. The standard InChI is InChI=1S/C23H21NO3/c1-15-11-17-12-19(9-10-20(17)21(15)13-23(25)26-2)27-14-18-8-7-16-5-3-4-6-22(16)24-18/h3-12,21H,13-14H2,1-2H3. The van der Waals surface area contributed by atoms with Crippen molar-refractivity contribution in [3.63, 3.8) is 0 Å². The number of hydrogen-bond donors (Lipinski definition) is 0. The maximum absolute atomic E-state index is 11.7. The van der Waals surface area contributed by atoms with Crippen molar-refractivity contribution in [2.45, 2.75) is 25.9 Å². The van der Waals surface area contributed by atoms with E-state index in [0.29, 0.717) is 13.0 Å². The Morgan fingerprint density at radius 2 is 1.96 bits per heavy atom. The van der Waals surface area contributed by atoms with Crippen LogP contribution >= 0.6 is 0 Å². The minimum Gasteiger partial charge on any atom is -0.487 e. The lowest BCUT2D eigenvalue weighted by Gasteiger charge is -2.14. The molecule has 1 aliphatic rings. The van der Waals surface area contributed by atoms with Crippen LogP contribution in [0.15, 0.2) is 60.2 Å². The Bertz CT molecular complexity index is 1040. The summed E-state index contributed by atoms with van der Waals surface area (Å²) in [5.41, 5.74) is 5.28. The quantitative estimate of drug-likeness (QED) is 0.609. The van der Waals surface area contributed by atoms with E-state index in [1.165, 1.54) is 12.7 Å². The van der Waals surface area contributed by atoms with Crippen LogP contribution < -0.4 is 4.74 Å². The molecule has 4 nitrogen and oxygen atoms in total. The fourth-order valence-electron chi connectivity index (χ4n) is 3.54. The van der Waals surface area contributed by atoms with Gasteiger partial charge in [-0.3, -0.25) is 4.79 Å². The van der Waals surface area contributed by atoms with Crippen LogP contribution in [0, 0.1) is 0 Å². The number of esters is 1. The van der Waals surface area contributed by atoms with Crippen molar-refractivity contribution in [2.24, 2.45) is 0 Å². The highest BCUT2D eigenvalue weighted by atomic mass is 16.5. The van der Waals surface area contributed by atoms with Gasteiger partial charge in [0.25, 0.3) is 0 Å². The molecule has 0 saturated heterocycles. The Morgan fingerprint density at radius 1 is 1.11 bits per heavy atom. The second-order valence-corrected chi connectivity index (χ2v) is 6.80. The molecule has 1 atom stereocenters. The highest BCUT2D eigenvalue weighted by Gasteiger charge is 2.25. The number of carbonyl (C=O) groups excluding carboxylic acids is 1. The van der Waals surface area contributed by atoms with E-state index >= 15 is 0 Å². The van der Waals surface area contributed by atoms with E-state index < -0.39 is 0 Å². The van der Waals surface area contributed by atoms with Gasteiger partial charge >= 0.3 is 5.97 Å². The fourth-order valence-corrected chi connectivity index (χ4v) is 3.54. The van der Waals surface area contributed by atoms with Gasteiger partial charge in [0.2, 0.25) is 0 Å². The van der Waals surface area contributed by atoms with E-state index in [4.69, 9.17) is 9.47 Å². The van der Waals surface area contributed by atoms with Gasteiger partial charge < -0.3 is 9.47 Å². The highest BCUT2D eigenvalue weighted by molar-refractivity contribution is 5.78. The van der Waals surface area contributed by atoms with Crippen LogP contribution in [0.25, 0.3) is 17.0 Å². The number of benzene rings is 2. The van der Waals surface area contributed by atoms with Gasteiger partial charge in [0.15, 0.2) is 0 Å². The first kappa shape index (κ1) is 17.3. The average Bonchev–Trinajstić information content (AvgIpc) is 3.00. The molecule has 3 aromatic rings. The molecule has 2 aromatic carbocycles. The smallest absolute Gasteiger partial charge is 0.306 e. The SMILES string of the molecule is COC(=O)CC1C(C)=Cc2cc(OCc3ccc4ccccc4n3)ccc21. The molecule has 0 radical (unpaired) electrons. The Labute approximate surface area is 158 Å². The number of ether oxygens (including phenoxy) is 2. The van der Waals surface area contributed by atoms with E-state index in [1.54, 1.807) is 0 Å². The molecule has 0 amide bonds. The third-order valence-electron chi connectivity index (χ3n) is 5.01. The monoisotopic (exact) mass is 359 g/mol. The van der Waals surface area contributed by atoms with Gasteiger partial charge in [-0.25, -0.2) is 4.98 Å². The van der Waals surface area contributed by atoms with Crippen molar-refractivity contribution in [3.8, 4) is 5.75 Å². The third kappa shape index (κ3) is 3.56. The van der Waals surface area contributed by atoms with E-state index in [0.717, 1.165) is 33.5 Å². The van der Waals surface area contributed by atoms with E-state index in [9.17, 15) is 4.79 Å². The normalized spacial score (nSPS) is 15.3. The summed E-state index contributed by atoms with van der Waals surface area (Å²) in [5.74, 6) is 0.693. The number of pyridine rings is 1. The van der Waals surface area contributed by atoms with Gasteiger partial charge in [0.1, 0.15) is 12.4 Å². The first-order valence-electron chi connectivity index (χ1n) is 9.00. The van der Waals surface area contributed by atoms with Crippen LogP contribution in [0.4, 0.5) is 0 Å². The molecule has 1 aromatic heterocycles. The van der Waals surface area contributed by atoms with Crippen molar-refractivity contribution in [2.75, 3.05) is 7.11 Å². The Hall–Kier alpha value is -3.14. The molecule has 0 N–H and O–H groups in total. The zero-order chi connectivity index (χ0) is 18.8. The van der Waals surface area contributed by atoms with Crippen molar-refractivity contribution >= 4 is 22.9 Å². The van der Waals surface area contributed by atoms with Crippen LogP contribution in [-0.2, 0) is 16.1 Å². The maximum Gasteiger partial charge on any atom is 0.306 e. The second-order valence-electron chi connectivity index (χ2n) is 6.80. The summed E-state index contributed by atoms with van der Waals surface area (Å²) in [4.78, 5) is 16.3. The number of rotatable bonds is 5. The molecule has 0 fully saturated rings. The molecule has 0 aliphatic heterocycles. The number of allylic oxidation sites excluding steroid dienone is 1. The summed E-state index contributed by atoms with van der Waals surface area (Å²) in [6.45, 7) is 2.46. The van der Waals surface area contributed by atoms with Gasteiger partial charge in [-0.1, -0.05) is 42.0 Å². The topological polar surface area (TPSA) is 48.4 Å². The van der Waals surface area contributed by atoms with Crippen molar-refractivity contribution < 1.29 is 14.3 Å². The first-order valence-corrected chi connectivity index (χ1v) is 9.00. The van der Waals surface area contributed by atoms with Gasteiger partial charge in [0.05, 0.1) is 24.7 Å².